The van der Waals surface area contributed by atoms with Crippen LogP contribution in [-0.4, -0.2) is 128 Å². The lowest BCUT2D eigenvalue weighted by molar-refractivity contribution is -0.0949. The van der Waals surface area contributed by atoms with Crippen molar-refractivity contribution in [2.75, 3.05) is 62.1 Å². The third-order valence-electron chi connectivity index (χ3n) is 14.8. The molecule has 2 aliphatic rings. The van der Waals surface area contributed by atoms with Gasteiger partial charge in [0.2, 0.25) is 0 Å². The fourth-order valence-corrected chi connectivity index (χ4v) is 12.1. The number of cyclic esters (lactones) is 1. The lowest BCUT2D eigenvalue weighted by Gasteiger charge is -2.37. The number of rotatable bonds is 18. The quantitative estimate of drug-likeness (QED) is 0.0755. The van der Waals surface area contributed by atoms with Crippen LogP contribution in [-0.2, 0) is 85.2 Å². The van der Waals surface area contributed by atoms with Gasteiger partial charge in [-0.2, -0.15) is 34.9 Å². The van der Waals surface area contributed by atoms with Gasteiger partial charge in [-0.1, -0.05) is 57.2 Å². The van der Waals surface area contributed by atoms with Gasteiger partial charge >= 0.3 is 16.3 Å². The number of ether oxygens (including phenoxy) is 1. The third-order valence-corrected chi connectivity index (χ3v) is 17.7. The van der Waals surface area contributed by atoms with Crippen molar-refractivity contribution in [3.8, 4) is 0 Å². The number of nitrogens with zero attached hydrogens (tertiary/aromatic N) is 14. The van der Waals surface area contributed by atoms with Crippen LogP contribution < -0.4 is 29.9 Å². The van der Waals surface area contributed by atoms with Crippen molar-refractivity contribution in [1.82, 2.24) is 61.7 Å². The number of imidazole rings is 3. The van der Waals surface area contributed by atoms with E-state index >= 15 is 0 Å². The van der Waals surface area contributed by atoms with E-state index in [0.29, 0.717) is 10.8 Å². The van der Waals surface area contributed by atoms with E-state index in [1.54, 1.807) is 25.0 Å². The highest BCUT2D eigenvalue weighted by Gasteiger charge is 2.49. The number of aromatic nitrogens is 9. The predicted octanol–water partition coefficient (Wildman–Crippen LogP) is 7.43. The van der Waals surface area contributed by atoms with Crippen molar-refractivity contribution >= 4 is 94.1 Å². The van der Waals surface area contributed by atoms with E-state index in [9.17, 15) is 30.4 Å². The number of carbonyl (C=O) groups excluding carboxylic acids is 1. The minimum absolute atomic E-state index is 0.0200. The van der Waals surface area contributed by atoms with Crippen LogP contribution >= 0.6 is 0 Å². The Morgan fingerprint density at radius 1 is 0.571 bits per heavy atom. The van der Waals surface area contributed by atoms with Gasteiger partial charge in [-0.05, 0) is 70.8 Å². The molecule has 1 amide bonds. The molecule has 27 heteroatoms. The molecule has 23 nitrogen and oxygen atoms in total. The van der Waals surface area contributed by atoms with Crippen molar-refractivity contribution in [2.45, 2.75) is 65.6 Å². The topological polar surface area (TPSA) is 253 Å². The average Bonchev–Trinajstić information content (AvgIpc) is 3.68. The van der Waals surface area contributed by atoms with E-state index < -0.39 is 45.5 Å². The lowest BCUT2D eigenvalue weighted by atomic mass is 10.1. The Morgan fingerprint density at radius 2 is 0.940 bits per heavy atom. The Morgan fingerprint density at radius 3 is 1.29 bits per heavy atom. The number of anilines is 6. The Labute approximate surface area is 487 Å². The summed E-state index contributed by atoms with van der Waals surface area (Å²) in [4.78, 5) is 44.1. The Kier molecular flexibility index (Phi) is 17.9. The van der Waals surface area contributed by atoms with Crippen LogP contribution in [0.4, 0.5) is 48.1 Å². The van der Waals surface area contributed by atoms with Gasteiger partial charge in [0.1, 0.15) is 40.6 Å². The first-order valence-electron chi connectivity index (χ1n) is 27.2. The van der Waals surface area contributed by atoms with Crippen LogP contribution in [0.1, 0.15) is 54.2 Å². The molecule has 2 aliphatic heterocycles. The number of halogens is 2. The molecule has 0 aliphatic carbocycles. The van der Waals surface area contributed by atoms with E-state index in [-0.39, 0.29) is 26.2 Å². The molecule has 0 atom stereocenters. The summed E-state index contributed by atoms with van der Waals surface area (Å²) < 4.78 is 91.8. The minimum atomic E-state index is -3.94. The SMILES string of the molecule is CCc1cc(CN)ccc1N(C)c1cc2c(cn1)ncn2C.CCc1cc(CNS(=O)(=O)N2CC(F)(F)C2)ccc1N(C)c1cc2c(cn1)ncn2C.CCc1cc(CNS(=O)(=O)N2CCOC2=O)ccc1N(C)c1cc2c(cn1)ncn2C. The van der Waals surface area contributed by atoms with Crippen molar-refractivity contribution in [3.05, 3.63) is 144 Å². The van der Waals surface area contributed by atoms with E-state index in [0.717, 1.165) is 119 Å². The second-order valence-corrected chi connectivity index (χ2v) is 23.9. The molecular weight excluding hydrogens is 1120 g/mol. The first-order valence-corrected chi connectivity index (χ1v) is 30.1. The summed E-state index contributed by atoms with van der Waals surface area (Å²) in [7, 11) is 3.90. The monoisotopic (exact) mass is 1190 g/mol. The van der Waals surface area contributed by atoms with Gasteiger partial charge in [0.25, 0.3) is 16.1 Å². The molecule has 2 fully saturated rings. The second kappa shape index (κ2) is 24.9. The van der Waals surface area contributed by atoms with Crippen LogP contribution in [0.5, 0.6) is 0 Å². The van der Waals surface area contributed by atoms with Crippen molar-refractivity contribution in [1.29, 1.82) is 0 Å². The summed E-state index contributed by atoms with van der Waals surface area (Å²) in [5, 5.41) is 0. The number of nitrogens with one attached hydrogen (secondary N) is 2. The zero-order valence-corrected chi connectivity index (χ0v) is 50.0. The standard InChI is InChI=1S/C20H24F2N6O2S.C20H24N6O4S.C17H21N5/c1-4-15-7-14(9-25-31(29,30)28-11-20(21,22)12-28)5-6-17(15)27(3)19-8-18-16(10-23-19)24-13-26(18)2;1-4-15-9-14(11-23-31(28,29)26-7-8-30-20(26)27)5-6-17(15)25(3)19-10-18-16(12-21-19)22-13-24(18)2;1-4-13-7-12(9-18)5-6-15(13)22(3)17-8-16-14(10-19-17)20-11-21(16)2/h5-8,10,13,25H,4,9,11-12H2,1-3H3;5-6,9-10,12-13,23H,4,7-8,11H2,1-3H3;5-8,10-11H,4,9,18H2,1-3H3. The van der Waals surface area contributed by atoms with E-state index in [4.69, 9.17) is 10.5 Å². The zero-order chi connectivity index (χ0) is 60.3. The molecule has 2 saturated heterocycles. The fraction of sp³-hybridized carbons (Fsp3) is 0.351. The highest BCUT2D eigenvalue weighted by molar-refractivity contribution is 7.87. The average molecular weight is 1190 g/mol. The Balaban J connectivity index is 0.000000154. The number of nitrogens with two attached hydrogens (primary N) is 1. The first kappa shape index (κ1) is 60.4. The van der Waals surface area contributed by atoms with Gasteiger partial charge in [-0.15, -0.1) is 0 Å². The molecule has 11 rings (SSSR count). The number of hydrogen-bond acceptors (Lipinski definition) is 16. The minimum Gasteiger partial charge on any atom is -0.447 e. The molecule has 6 aromatic heterocycles. The van der Waals surface area contributed by atoms with Crippen LogP contribution in [0.25, 0.3) is 33.1 Å². The molecule has 0 bridgehead atoms. The van der Waals surface area contributed by atoms with Gasteiger partial charge in [0, 0.05) is 97.2 Å². The molecule has 3 aromatic carbocycles. The summed E-state index contributed by atoms with van der Waals surface area (Å²) in [6.45, 7) is 5.41. The van der Waals surface area contributed by atoms with E-state index in [1.807, 2.05) is 141 Å². The smallest absolute Gasteiger partial charge is 0.424 e. The van der Waals surface area contributed by atoms with Gasteiger partial charge in [0.15, 0.2) is 0 Å². The molecule has 0 radical (unpaired) electrons. The summed E-state index contributed by atoms with van der Waals surface area (Å²) >= 11 is 0. The Hall–Kier alpha value is -8.21. The summed E-state index contributed by atoms with van der Waals surface area (Å²) in [5.41, 5.74) is 20.5. The number of hydrogen-bond donors (Lipinski definition) is 3. The summed E-state index contributed by atoms with van der Waals surface area (Å²) in [5.74, 6) is -0.487. The lowest BCUT2D eigenvalue weighted by Crippen LogP contribution is -2.60. The van der Waals surface area contributed by atoms with E-state index in [1.165, 1.54) is 5.56 Å². The van der Waals surface area contributed by atoms with Gasteiger partial charge < -0.3 is 38.9 Å². The highest BCUT2D eigenvalue weighted by Crippen LogP contribution is 2.33. The predicted molar refractivity (Wildman–Crippen MR) is 321 cm³/mol. The highest BCUT2D eigenvalue weighted by atomic mass is 32.2. The fourth-order valence-electron chi connectivity index (χ4n) is 9.83. The maximum absolute atomic E-state index is 13.0. The molecule has 84 heavy (non-hydrogen) atoms. The molecule has 9 aromatic rings. The number of carbonyl (C=O) groups is 1. The Bertz CT molecular complexity index is 4090. The largest absolute Gasteiger partial charge is 0.447 e. The number of aryl methyl sites for hydroxylation is 6. The number of pyridine rings is 3. The maximum Gasteiger partial charge on any atom is 0.424 e. The molecule has 0 spiro atoms. The van der Waals surface area contributed by atoms with Crippen LogP contribution in [0.15, 0.2) is 110 Å². The van der Waals surface area contributed by atoms with Crippen LogP contribution in [0, 0.1) is 0 Å². The number of alkyl halides is 2. The van der Waals surface area contributed by atoms with Crippen molar-refractivity contribution in [3.63, 3.8) is 0 Å². The maximum atomic E-state index is 13.0. The zero-order valence-electron chi connectivity index (χ0n) is 48.3. The normalized spacial score (nSPS) is 14.2. The molecule has 4 N–H and O–H groups in total. The van der Waals surface area contributed by atoms with E-state index in [2.05, 4.69) is 75.4 Å². The van der Waals surface area contributed by atoms with Crippen molar-refractivity contribution < 1.29 is 35.1 Å². The number of benzene rings is 3. The molecular formula is C57H69F2N17O6S2. The first-order chi connectivity index (χ1) is 40.0. The molecule has 8 heterocycles. The third kappa shape index (κ3) is 13.1. The summed E-state index contributed by atoms with van der Waals surface area (Å²) in [6, 6.07) is 23.8. The van der Waals surface area contributed by atoms with Crippen molar-refractivity contribution in [2.24, 2.45) is 26.9 Å². The van der Waals surface area contributed by atoms with Gasteiger partial charge in [0.05, 0.1) is 73.8 Å². The molecule has 0 unspecified atom stereocenters. The summed E-state index contributed by atoms with van der Waals surface area (Å²) in [6.07, 6.45) is 12.2. The van der Waals surface area contributed by atoms with Crippen LogP contribution in [0.2, 0.25) is 0 Å². The number of amides is 1. The molecule has 444 valence electrons. The number of fused-ring (bicyclic) bond motifs is 3. The second-order valence-electron chi connectivity index (χ2n) is 20.5. The van der Waals surface area contributed by atoms with Crippen LogP contribution in [0.3, 0.4) is 0 Å². The van der Waals surface area contributed by atoms with Gasteiger partial charge in [-0.3, -0.25) is 0 Å². The van der Waals surface area contributed by atoms with Gasteiger partial charge in [-0.25, -0.2) is 43.5 Å². The molecule has 0 saturated carbocycles.